The van der Waals surface area contributed by atoms with Gasteiger partial charge in [-0.2, -0.15) is 0 Å². The van der Waals surface area contributed by atoms with Gasteiger partial charge >= 0.3 is 0 Å². The third kappa shape index (κ3) is 6.69. The molecule has 3 aromatic rings. The zero-order chi connectivity index (χ0) is 22.3. The molecule has 0 aliphatic heterocycles. The van der Waals surface area contributed by atoms with Crippen LogP contribution in [-0.4, -0.2) is 26.6 Å². The lowest BCUT2D eigenvalue weighted by Gasteiger charge is -2.22. The number of amides is 1. The normalized spacial score (nSPS) is 12.2. The fourth-order valence-corrected chi connectivity index (χ4v) is 4.22. The number of sulfonamides is 1. The van der Waals surface area contributed by atoms with Gasteiger partial charge in [-0.1, -0.05) is 60.7 Å². The van der Waals surface area contributed by atoms with Gasteiger partial charge in [-0.25, -0.2) is 8.42 Å². The Balaban J connectivity index is 1.60. The van der Waals surface area contributed by atoms with Crippen molar-refractivity contribution < 1.29 is 13.2 Å². The van der Waals surface area contributed by atoms with Crippen molar-refractivity contribution in [3.63, 3.8) is 0 Å². The number of hydrogen-bond donors (Lipinski definition) is 1. The summed E-state index contributed by atoms with van der Waals surface area (Å²) in [5, 5.41) is 3.03. The molecule has 1 atom stereocenters. The quantitative estimate of drug-likeness (QED) is 0.541. The van der Waals surface area contributed by atoms with Crippen LogP contribution in [0.15, 0.2) is 84.9 Å². The second-order valence-electron chi connectivity index (χ2n) is 7.70. The summed E-state index contributed by atoms with van der Waals surface area (Å²) in [4.78, 5) is 12.6. The first-order valence-corrected chi connectivity index (χ1v) is 12.1. The van der Waals surface area contributed by atoms with Gasteiger partial charge < -0.3 is 5.32 Å². The molecule has 0 radical (unpaired) electrons. The van der Waals surface area contributed by atoms with Crippen LogP contribution in [0.25, 0.3) is 0 Å². The molecule has 0 aliphatic rings. The molecule has 0 saturated heterocycles. The van der Waals surface area contributed by atoms with Crippen LogP contribution >= 0.6 is 0 Å². The van der Waals surface area contributed by atoms with Crippen molar-refractivity contribution in [3.8, 4) is 0 Å². The molecule has 1 N–H and O–H groups in total. The summed E-state index contributed by atoms with van der Waals surface area (Å²) in [6.45, 7) is 2.21. The van der Waals surface area contributed by atoms with Crippen LogP contribution < -0.4 is 9.62 Å². The van der Waals surface area contributed by atoms with E-state index >= 15 is 0 Å². The minimum Gasteiger partial charge on any atom is -0.350 e. The molecule has 6 heteroatoms. The first-order chi connectivity index (χ1) is 14.8. The number of para-hydroxylation sites is 1. The summed E-state index contributed by atoms with van der Waals surface area (Å²) >= 11 is 0. The van der Waals surface area contributed by atoms with Gasteiger partial charge in [-0.3, -0.25) is 9.10 Å². The van der Waals surface area contributed by atoms with Gasteiger partial charge in [0.1, 0.15) is 0 Å². The average molecular weight is 437 g/mol. The Bertz CT molecular complexity index is 1080. The fourth-order valence-electron chi connectivity index (χ4n) is 3.33. The first-order valence-electron chi connectivity index (χ1n) is 10.3. The molecular weight excluding hydrogens is 408 g/mol. The monoisotopic (exact) mass is 436 g/mol. The van der Waals surface area contributed by atoms with E-state index in [9.17, 15) is 13.2 Å². The third-order valence-corrected chi connectivity index (χ3v) is 6.21. The second kappa shape index (κ2) is 10.3. The van der Waals surface area contributed by atoms with E-state index in [0.717, 1.165) is 18.4 Å². The molecule has 0 unspecified atom stereocenters. The van der Waals surface area contributed by atoms with E-state index in [1.807, 2.05) is 31.2 Å². The van der Waals surface area contributed by atoms with E-state index in [1.54, 1.807) is 48.5 Å². The van der Waals surface area contributed by atoms with Crippen molar-refractivity contribution in [2.24, 2.45) is 0 Å². The Kier molecular flexibility index (Phi) is 7.47. The number of carbonyl (C=O) groups excluding carboxylic acids is 1. The number of nitrogens with zero attached hydrogens (tertiary/aromatic N) is 1. The Morgan fingerprint density at radius 2 is 1.45 bits per heavy atom. The van der Waals surface area contributed by atoms with Gasteiger partial charge in [0.2, 0.25) is 10.0 Å². The van der Waals surface area contributed by atoms with Crippen LogP contribution in [0.4, 0.5) is 5.69 Å². The number of rotatable bonds is 9. The highest BCUT2D eigenvalue weighted by molar-refractivity contribution is 7.92. The summed E-state index contributed by atoms with van der Waals surface area (Å²) in [6.07, 6.45) is 2.95. The van der Waals surface area contributed by atoms with Crippen LogP contribution in [0.1, 0.15) is 34.8 Å². The molecule has 5 nitrogen and oxygen atoms in total. The van der Waals surface area contributed by atoms with E-state index in [1.165, 1.54) is 16.1 Å². The summed E-state index contributed by atoms with van der Waals surface area (Å²) in [5.41, 5.74) is 3.23. The number of carbonyl (C=O) groups is 1. The number of benzene rings is 3. The highest BCUT2D eigenvalue weighted by Gasteiger charge is 2.18. The lowest BCUT2D eigenvalue weighted by molar-refractivity contribution is 0.0938. The zero-order valence-corrected chi connectivity index (χ0v) is 18.7. The maximum absolute atomic E-state index is 12.6. The second-order valence-corrected chi connectivity index (χ2v) is 9.61. The molecule has 3 rings (SSSR count). The maximum Gasteiger partial charge on any atom is 0.251 e. The van der Waals surface area contributed by atoms with Crippen molar-refractivity contribution in [2.45, 2.75) is 32.4 Å². The van der Waals surface area contributed by atoms with E-state index in [0.29, 0.717) is 11.3 Å². The summed E-state index contributed by atoms with van der Waals surface area (Å²) in [7, 11) is -3.43. The van der Waals surface area contributed by atoms with Crippen LogP contribution in [0.2, 0.25) is 0 Å². The maximum atomic E-state index is 12.6. The molecule has 0 spiro atoms. The largest absolute Gasteiger partial charge is 0.350 e. The number of anilines is 1. The molecule has 0 aromatic heterocycles. The van der Waals surface area contributed by atoms with Crippen molar-refractivity contribution in [1.82, 2.24) is 5.32 Å². The minimum atomic E-state index is -3.43. The lowest BCUT2D eigenvalue weighted by Crippen LogP contribution is -2.33. The molecule has 1 amide bonds. The van der Waals surface area contributed by atoms with Crippen molar-refractivity contribution in [2.75, 3.05) is 10.6 Å². The van der Waals surface area contributed by atoms with E-state index in [2.05, 4.69) is 17.4 Å². The van der Waals surface area contributed by atoms with Gasteiger partial charge in [-0.05, 0) is 55.2 Å². The Hall–Kier alpha value is -3.12. The predicted octanol–water partition coefficient (Wildman–Crippen LogP) is 4.40. The van der Waals surface area contributed by atoms with Gasteiger partial charge in [0.05, 0.1) is 18.5 Å². The van der Waals surface area contributed by atoms with Gasteiger partial charge in [0.25, 0.3) is 5.91 Å². The molecule has 0 aliphatic carbocycles. The van der Waals surface area contributed by atoms with E-state index < -0.39 is 10.0 Å². The summed E-state index contributed by atoms with van der Waals surface area (Å²) < 4.78 is 25.9. The average Bonchev–Trinajstić information content (AvgIpc) is 2.77. The molecule has 0 fully saturated rings. The van der Waals surface area contributed by atoms with Crippen LogP contribution in [0, 0.1) is 0 Å². The number of hydrogen-bond acceptors (Lipinski definition) is 3. The minimum absolute atomic E-state index is 0.0474. The standard InChI is InChI=1S/C25H28N2O3S/c1-20(13-14-21-9-5-3-6-10-21)26-25(28)23-17-15-22(16-18-23)19-27(31(2,29)30)24-11-7-4-8-12-24/h3-12,15-18,20H,13-14,19H2,1-2H3,(H,26,28)/t20-/m1/s1. The summed E-state index contributed by atoms with van der Waals surface area (Å²) in [6, 6.07) is 26.3. The van der Waals surface area contributed by atoms with Gasteiger partial charge in [0, 0.05) is 11.6 Å². The molecule has 162 valence electrons. The molecule has 0 bridgehead atoms. The SMILES string of the molecule is C[C@H](CCc1ccccc1)NC(=O)c1ccc(CN(c2ccccc2)S(C)(=O)=O)cc1. The number of aryl methyl sites for hydroxylation is 1. The highest BCUT2D eigenvalue weighted by atomic mass is 32.2. The van der Waals surface area contributed by atoms with Gasteiger partial charge in [0.15, 0.2) is 0 Å². The predicted molar refractivity (Wildman–Crippen MR) is 126 cm³/mol. The van der Waals surface area contributed by atoms with Crippen molar-refractivity contribution in [3.05, 3.63) is 102 Å². The smallest absolute Gasteiger partial charge is 0.251 e. The van der Waals surface area contributed by atoms with Crippen LogP contribution in [0.3, 0.4) is 0 Å². The lowest BCUT2D eigenvalue weighted by atomic mass is 10.1. The zero-order valence-electron chi connectivity index (χ0n) is 17.9. The molecule has 3 aromatic carbocycles. The third-order valence-electron chi connectivity index (χ3n) is 5.07. The van der Waals surface area contributed by atoms with E-state index in [4.69, 9.17) is 0 Å². The first kappa shape index (κ1) is 22.6. The Morgan fingerprint density at radius 3 is 2.03 bits per heavy atom. The Morgan fingerprint density at radius 1 is 0.871 bits per heavy atom. The summed E-state index contributed by atoms with van der Waals surface area (Å²) in [5.74, 6) is -0.129. The van der Waals surface area contributed by atoms with Crippen LogP contribution in [0.5, 0.6) is 0 Å². The Labute approximate surface area is 184 Å². The van der Waals surface area contributed by atoms with Crippen molar-refractivity contribution >= 4 is 21.6 Å². The number of nitrogens with one attached hydrogen (secondary N) is 1. The molecule has 0 heterocycles. The topological polar surface area (TPSA) is 66.5 Å². The molecular formula is C25H28N2O3S. The van der Waals surface area contributed by atoms with Gasteiger partial charge in [-0.15, -0.1) is 0 Å². The van der Waals surface area contributed by atoms with E-state index in [-0.39, 0.29) is 18.5 Å². The highest BCUT2D eigenvalue weighted by Crippen LogP contribution is 2.20. The van der Waals surface area contributed by atoms with Crippen molar-refractivity contribution in [1.29, 1.82) is 0 Å². The molecule has 31 heavy (non-hydrogen) atoms. The van der Waals surface area contributed by atoms with Crippen LogP contribution in [-0.2, 0) is 23.0 Å². The fraction of sp³-hybridized carbons (Fsp3) is 0.240. The molecule has 0 saturated carbocycles.